The van der Waals surface area contributed by atoms with Crippen LogP contribution < -0.4 is 9.62 Å². The molecule has 0 aliphatic rings. The van der Waals surface area contributed by atoms with Gasteiger partial charge in [-0.2, -0.15) is 0 Å². The molecule has 1 N–H and O–H groups in total. The Balaban J connectivity index is 1.98. The fraction of sp³-hybridized carbons (Fsp3) is 0.286. The maximum Gasteiger partial charge on any atom is 0.264 e. The third-order valence-corrected chi connectivity index (χ3v) is 8.06. The van der Waals surface area contributed by atoms with Crippen LogP contribution in [0.4, 0.5) is 10.1 Å². The van der Waals surface area contributed by atoms with Gasteiger partial charge >= 0.3 is 0 Å². The second-order valence-corrected chi connectivity index (χ2v) is 11.0. The van der Waals surface area contributed by atoms with Crippen LogP contribution in [-0.2, 0) is 26.2 Å². The van der Waals surface area contributed by atoms with E-state index in [9.17, 15) is 22.4 Å². The number of nitrogens with one attached hydrogen (secondary N) is 1. The van der Waals surface area contributed by atoms with Gasteiger partial charge in [-0.25, -0.2) is 12.8 Å². The van der Waals surface area contributed by atoms with E-state index in [2.05, 4.69) is 5.32 Å². The molecule has 2 amide bonds. The Morgan fingerprint density at radius 3 is 2.24 bits per heavy atom. The number of halogens is 2. The van der Waals surface area contributed by atoms with Gasteiger partial charge in [-0.1, -0.05) is 61.3 Å². The maximum absolute atomic E-state index is 14.5. The zero-order chi connectivity index (χ0) is 27.7. The van der Waals surface area contributed by atoms with Crippen LogP contribution in [0.1, 0.15) is 32.3 Å². The Kier molecular flexibility index (Phi) is 10.3. The van der Waals surface area contributed by atoms with Gasteiger partial charge in [0, 0.05) is 23.7 Å². The molecule has 0 bridgehead atoms. The lowest BCUT2D eigenvalue weighted by Gasteiger charge is -2.32. The Hall–Kier alpha value is -3.43. The van der Waals surface area contributed by atoms with Crippen molar-refractivity contribution in [1.82, 2.24) is 10.2 Å². The normalized spacial score (nSPS) is 12.0. The number of carbonyl (C=O) groups is 2. The number of para-hydroxylation sites is 1. The number of carbonyl (C=O) groups excluding carboxylic acids is 2. The van der Waals surface area contributed by atoms with Crippen LogP contribution in [0.2, 0.25) is 5.02 Å². The molecule has 0 heterocycles. The molecular weight excluding hydrogens is 529 g/mol. The van der Waals surface area contributed by atoms with E-state index >= 15 is 0 Å². The van der Waals surface area contributed by atoms with Gasteiger partial charge in [0.05, 0.1) is 10.6 Å². The first-order valence-corrected chi connectivity index (χ1v) is 14.1. The van der Waals surface area contributed by atoms with Crippen molar-refractivity contribution < 1.29 is 22.4 Å². The molecule has 3 aromatic carbocycles. The third kappa shape index (κ3) is 7.33. The number of anilines is 1. The number of nitrogens with zero attached hydrogens (tertiary/aromatic N) is 2. The molecule has 38 heavy (non-hydrogen) atoms. The molecule has 0 saturated carbocycles. The lowest BCUT2D eigenvalue weighted by molar-refractivity contribution is -0.139. The van der Waals surface area contributed by atoms with Crippen molar-refractivity contribution in [3.05, 3.63) is 95.3 Å². The quantitative estimate of drug-likeness (QED) is 0.316. The zero-order valence-corrected chi connectivity index (χ0v) is 22.9. The number of unbranched alkanes of at least 4 members (excludes halogenated alkanes) is 1. The van der Waals surface area contributed by atoms with Gasteiger partial charge in [0.25, 0.3) is 10.0 Å². The Morgan fingerprint density at radius 2 is 1.61 bits per heavy atom. The molecular formula is C28H31ClFN3O4S. The summed E-state index contributed by atoms with van der Waals surface area (Å²) in [5.41, 5.74) is 0.475. The van der Waals surface area contributed by atoms with Gasteiger partial charge in [-0.15, -0.1) is 0 Å². The number of amides is 2. The first-order chi connectivity index (χ1) is 18.1. The van der Waals surface area contributed by atoms with E-state index in [1.807, 2.05) is 6.92 Å². The molecule has 0 saturated heterocycles. The average molecular weight is 560 g/mol. The summed E-state index contributed by atoms with van der Waals surface area (Å²) in [5.74, 6) is -1.60. The van der Waals surface area contributed by atoms with Crippen molar-refractivity contribution in [2.45, 2.75) is 44.2 Å². The van der Waals surface area contributed by atoms with Gasteiger partial charge in [0.1, 0.15) is 18.4 Å². The maximum atomic E-state index is 14.5. The summed E-state index contributed by atoms with van der Waals surface area (Å²) in [4.78, 5) is 27.8. The molecule has 1 unspecified atom stereocenters. The smallest absolute Gasteiger partial charge is 0.264 e. The van der Waals surface area contributed by atoms with E-state index in [0.717, 1.165) is 17.1 Å². The number of benzene rings is 3. The number of rotatable bonds is 12. The molecule has 202 valence electrons. The first kappa shape index (κ1) is 29.1. The van der Waals surface area contributed by atoms with Gasteiger partial charge < -0.3 is 10.2 Å². The van der Waals surface area contributed by atoms with E-state index in [4.69, 9.17) is 11.6 Å². The fourth-order valence-corrected chi connectivity index (χ4v) is 5.33. The fourth-order valence-electron chi connectivity index (χ4n) is 3.79. The summed E-state index contributed by atoms with van der Waals surface area (Å²) >= 11 is 5.95. The molecule has 0 spiro atoms. The van der Waals surface area contributed by atoms with Crippen molar-refractivity contribution in [3.8, 4) is 0 Å². The predicted molar refractivity (Wildman–Crippen MR) is 147 cm³/mol. The second-order valence-electron chi connectivity index (χ2n) is 8.73. The lowest BCUT2D eigenvalue weighted by atomic mass is 10.1. The minimum Gasteiger partial charge on any atom is -0.354 e. The summed E-state index contributed by atoms with van der Waals surface area (Å²) in [6.07, 6.45) is 1.64. The van der Waals surface area contributed by atoms with Crippen molar-refractivity contribution >= 4 is 39.1 Å². The third-order valence-electron chi connectivity index (χ3n) is 6.02. The second kappa shape index (κ2) is 13.4. The SMILES string of the molecule is CCCCNC(=O)C(C)N(Cc1ccccc1F)C(=O)CN(c1ccccc1)S(=O)(=O)c1ccc(Cl)cc1. The van der Waals surface area contributed by atoms with Crippen LogP contribution in [0.5, 0.6) is 0 Å². The van der Waals surface area contributed by atoms with Crippen molar-refractivity contribution in [3.63, 3.8) is 0 Å². The highest BCUT2D eigenvalue weighted by molar-refractivity contribution is 7.92. The van der Waals surface area contributed by atoms with Gasteiger partial charge in [0.2, 0.25) is 11.8 Å². The molecule has 3 rings (SSSR count). The van der Waals surface area contributed by atoms with Gasteiger partial charge in [0.15, 0.2) is 0 Å². The molecule has 0 aromatic heterocycles. The van der Waals surface area contributed by atoms with Crippen molar-refractivity contribution in [1.29, 1.82) is 0 Å². The average Bonchev–Trinajstić information content (AvgIpc) is 2.91. The van der Waals surface area contributed by atoms with E-state index in [1.54, 1.807) is 43.3 Å². The Morgan fingerprint density at radius 1 is 0.974 bits per heavy atom. The summed E-state index contributed by atoms with van der Waals surface area (Å²) in [7, 11) is -4.19. The summed E-state index contributed by atoms with van der Waals surface area (Å²) in [6, 6.07) is 18.8. The number of hydrogen-bond donors (Lipinski definition) is 1. The zero-order valence-electron chi connectivity index (χ0n) is 21.3. The van der Waals surface area contributed by atoms with E-state index in [-0.39, 0.29) is 22.7 Å². The highest BCUT2D eigenvalue weighted by Gasteiger charge is 2.32. The molecule has 7 nitrogen and oxygen atoms in total. The standard InChI is InChI=1S/C28H31ClFN3O4S/c1-3-4-18-31-28(35)21(2)32(19-22-10-8-9-13-26(22)30)27(34)20-33(24-11-6-5-7-12-24)38(36,37)25-16-14-23(29)15-17-25/h5-17,21H,3-4,18-20H2,1-2H3,(H,31,35). The number of hydrogen-bond acceptors (Lipinski definition) is 4. The first-order valence-electron chi connectivity index (χ1n) is 12.3. The van der Waals surface area contributed by atoms with E-state index < -0.39 is 40.2 Å². The topological polar surface area (TPSA) is 86.8 Å². The van der Waals surface area contributed by atoms with E-state index in [1.165, 1.54) is 47.4 Å². The summed E-state index contributed by atoms with van der Waals surface area (Å²) in [6.45, 7) is 3.15. The molecule has 1 atom stereocenters. The van der Waals surface area contributed by atoms with Crippen molar-refractivity contribution in [2.75, 3.05) is 17.4 Å². The Labute approximate surface area is 228 Å². The van der Waals surface area contributed by atoms with Gasteiger partial charge in [-0.05, 0) is 55.8 Å². The Bertz CT molecular complexity index is 1340. The molecule has 10 heteroatoms. The minimum atomic E-state index is -4.19. The van der Waals surface area contributed by atoms with Crippen LogP contribution in [0, 0.1) is 5.82 Å². The molecule has 0 radical (unpaired) electrons. The highest BCUT2D eigenvalue weighted by Crippen LogP contribution is 2.25. The largest absolute Gasteiger partial charge is 0.354 e. The minimum absolute atomic E-state index is 0.0513. The molecule has 0 aliphatic carbocycles. The molecule has 0 aliphatic heterocycles. The monoisotopic (exact) mass is 559 g/mol. The number of sulfonamides is 1. The predicted octanol–water partition coefficient (Wildman–Crippen LogP) is 5.01. The van der Waals surface area contributed by atoms with Crippen LogP contribution in [0.15, 0.2) is 83.8 Å². The highest BCUT2D eigenvalue weighted by atomic mass is 35.5. The molecule has 0 fully saturated rings. The van der Waals surface area contributed by atoms with Gasteiger partial charge in [-0.3, -0.25) is 13.9 Å². The van der Waals surface area contributed by atoms with Crippen molar-refractivity contribution in [2.24, 2.45) is 0 Å². The summed E-state index contributed by atoms with van der Waals surface area (Å²) in [5, 5.41) is 3.16. The lowest BCUT2D eigenvalue weighted by Crippen LogP contribution is -2.51. The molecule has 3 aromatic rings. The van der Waals surface area contributed by atoms with Crippen LogP contribution in [0.25, 0.3) is 0 Å². The van der Waals surface area contributed by atoms with Crippen LogP contribution in [-0.4, -0.2) is 44.3 Å². The van der Waals surface area contributed by atoms with Crippen LogP contribution >= 0.6 is 11.6 Å². The van der Waals surface area contributed by atoms with Crippen LogP contribution in [0.3, 0.4) is 0 Å². The van der Waals surface area contributed by atoms with E-state index in [0.29, 0.717) is 11.6 Å². The summed E-state index contributed by atoms with van der Waals surface area (Å²) < 4.78 is 42.9.